The smallest absolute Gasteiger partial charge is 0.305 e. The van der Waals surface area contributed by atoms with Gasteiger partial charge in [0, 0.05) is 19.8 Å². The normalized spacial score (nSPS) is 31.4. The van der Waals surface area contributed by atoms with E-state index in [-0.39, 0.29) is 23.9 Å². The van der Waals surface area contributed by atoms with Crippen molar-refractivity contribution in [1.29, 1.82) is 0 Å². The lowest BCUT2D eigenvalue weighted by Crippen LogP contribution is -2.37. The minimum absolute atomic E-state index is 0.0447. The van der Waals surface area contributed by atoms with Crippen LogP contribution in [0.3, 0.4) is 0 Å². The van der Waals surface area contributed by atoms with Crippen LogP contribution < -0.4 is 0 Å². The molecule has 104 valence electrons. The Kier molecular flexibility index (Phi) is 5.14. The Bertz CT molecular complexity index is 313. The second kappa shape index (κ2) is 6.18. The Morgan fingerprint density at radius 1 is 1.17 bits per heavy atom. The molecule has 0 bridgehead atoms. The molecule has 0 aromatic carbocycles. The van der Waals surface area contributed by atoms with Crippen LogP contribution in [0.15, 0.2) is 0 Å². The van der Waals surface area contributed by atoms with Crippen molar-refractivity contribution in [1.82, 2.24) is 0 Å². The van der Waals surface area contributed by atoms with Gasteiger partial charge in [0.05, 0.1) is 6.10 Å². The van der Waals surface area contributed by atoms with E-state index >= 15 is 0 Å². The molecule has 1 heterocycles. The SMILES string of the molecule is CC[C@H]1OC(OC(C)=O)[C@H](OC(C)=O)[C@@H]1C(C)C. The molecule has 0 saturated carbocycles. The molecule has 1 fully saturated rings. The largest absolute Gasteiger partial charge is 0.455 e. The van der Waals surface area contributed by atoms with Gasteiger partial charge in [-0.2, -0.15) is 0 Å². The lowest BCUT2D eigenvalue weighted by molar-refractivity contribution is -0.194. The van der Waals surface area contributed by atoms with Gasteiger partial charge in [-0.1, -0.05) is 20.8 Å². The molecule has 0 aromatic heterocycles. The highest BCUT2D eigenvalue weighted by molar-refractivity contribution is 5.67. The maximum absolute atomic E-state index is 11.2. The molecule has 0 amide bonds. The van der Waals surface area contributed by atoms with Crippen LogP contribution in [0.2, 0.25) is 0 Å². The van der Waals surface area contributed by atoms with Gasteiger partial charge in [0.15, 0.2) is 6.10 Å². The maximum Gasteiger partial charge on any atom is 0.305 e. The molecule has 0 aromatic rings. The van der Waals surface area contributed by atoms with Crippen LogP contribution in [-0.2, 0) is 23.8 Å². The third-order valence-corrected chi connectivity index (χ3v) is 3.14. The Hall–Kier alpha value is -1.10. The third kappa shape index (κ3) is 3.45. The Morgan fingerprint density at radius 2 is 1.72 bits per heavy atom. The summed E-state index contributed by atoms with van der Waals surface area (Å²) in [5.41, 5.74) is 0. The molecule has 18 heavy (non-hydrogen) atoms. The Morgan fingerprint density at radius 3 is 2.11 bits per heavy atom. The highest BCUT2D eigenvalue weighted by Gasteiger charge is 2.48. The van der Waals surface area contributed by atoms with Gasteiger partial charge in [0.2, 0.25) is 6.29 Å². The molecule has 1 aliphatic heterocycles. The summed E-state index contributed by atoms with van der Waals surface area (Å²) in [6.45, 7) is 8.76. The molecule has 0 N–H and O–H groups in total. The molecule has 1 aliphatic rings. The number of carbonyl (C=O) groups is 2. The van der Waals surface area contributed by atoms with Gasteiger partial charge in [0.25, 0.3) is 0 Å². The van der Waals surface area contributed by atoms with E-state index in [9.17, 15) is 9.59 Å². The van der Waals surface area contributed by atoms with Crippen LogP contribution in [0.25, 0.3) is 0 Å². The van der Waals surface area contributed by atoms with Crippen molar-refractivity contribution in [3.8, 4) is 0 Å². The number of hydrogen-bond donors (Lipinski definition) is 0. The van der Waals surface area contributed by atoms with Crippen molar-refractivity contribution in [3.63, 3.8) is 0 Å². The zero-order chi connectivity index (χ0) is 13.9. The molecule has 1 unspecified atom stereocenters. The van der Waals surface area contributed by atoms with Crippen molar-refractivity contribution >= 4 is 11.9 Å². The maximum atomic E-state index is 11.2. The average Bonchev–Trinajstić information content (AvgIpc) is 2.55. The Labute approximate surface area is 108 Å². The fourth-order valence-electron chi connectivity index (χ4n) is 2.49. The molecule has 0 aliphatic carbocycles. The lowest BCUT2D eigenvalue weighted by atomic mass is 9.86. The van der Waals surface area contributed by atoms with E-state index in [0.29, 0.717) is 0 Å². The van der Waals surface area contributed by atoms with Crippen LogP contribution in [0, 0.1) is 11.8 Å². The first-order valence-corrected chi connectivity index (χ1v) is 6.36. The first-order chi connectivity index (χ1) is 8.36. The van der Waals surface area contributed by atoms with Gasteiger partial charge < -0.3 is 14.2 Å². The highest BCUT2D eigenvalue weighted by Crippen LogP contribution is 2.37. The fourth-order valence-corrected chi connectivity index (χ4v) is 2.49. The van der Waals surface area contributed by atoms with E-state index in [0.717, 1.165) is 6.42 Å². The van der Waals surface area contributed by atoms with Gasteiger partial charge in [-0.25, -0.2) is 0 Å². The van der Waals surface area contributed by atoms with E-state index in [1.54, 1.807) is 0 Å². The van der Waals surface area contributed by atoms with Crippen LogP contribution >= 0.6 is 0 Å². The predicted molar refractivity (Wildman–Crippen MR) is 64.6 cm³/mol. The number of carbonyl (C=O) groups excluding carboxylic acids is 2. The van der Waals surface area contributed by atoms with E-state index in [2.05, 4.69) is 0 Å². The molecule has 4 atom stereocenters. The molecule has 1 rings (SSSR count). The molecule has 1 saturated heterocycles. The second-order valence-corrected chi connectivity index (χ2v) is 4.96. The number of rotatable bonds is 4. The van der Waals surface area contributed by atoms with Crippen molar-refractivity contribution in [2.24, 2.45) is 11.8 Å². The average molecular weight is 258 g/mol. The summed E-state index contributed by atoms with van der Waals surface area (Å²) in [6, 6.07) is 0. The van der Waals surface area contributed by atoms with Gasteiger partial charge in [0.1, 0.15) is 0 Å². The number of hydrogen-bond acceptors (Lipinski definition) is 5. The van der Waals surface area contributed by atoms with Crippen LogP contribution in [0.1, 0.15) is 41.0 Å². The number of esters is 2. The predicted octanol–water partition coefficient (Wildman–Crippen LogP) is 1.89. The summed E-state index contributed by atoms with van der Waals surface area (Å²) < 4.78 is 16.1. The molecular formula is C13H22O5. The first kappa shape index (κ1) is 15.0. The van der Waals surface area contributed by atoms with E-state index in [1.807, 2.05) is 20.8 Å². The summed E-state index contributed by atoms with van der Waals surface area (Å²) in [4.78, 5) is 22.2. The summed E-state index contributed by atoms with van der Waals surface area (Å²) in [6.07, 6.45) is -0.572. The van der Waals surface area contributed by atoms with Gasteiger partial charge >= 0.3 is 11.9 Å². The van der Waals surface area contributed by atoms with E-state index in [1.165, 1.54) is 13.8 Å². The first-order valence-electron chi connectivity index (χ1n) is 6.36. The zero-order valence-electron chi connectivity index (χ0n) is 11.6. The molecular weight excluding hydrogens is 236 g/mol. The van der Waals surface area contributed by atoms with Crippen LogP contribution in [-0.4, -0.2) is 30.4 Å². The number of ether oxygens (including phenoxy) is 3. The van der Waals surface area contributed by atoms with Gasteiger partial charge in [-0.15, -0.1) is 0 Å². The fraction of sp³-hybridized carbons (Fsp3) is 0.846. The van der Waals surface area contributed by atoms with Crippen molar-refractivity contribution in [3.05, 3.63) is 0 Å². The quantitative estimate of drug-likeness (QED) is 0.720. The lowest BCUT2D eigenvalue weighted by Gasteiger charge is -2.25. The molecule has 5 heteroatoms. The van der Waals surface area contributed by atoms with Crippen molar-refractivity contribution in [2.75, 3.05) is 0 Å². The topological polar surface area (TPSA) is 61.8 Å². The van der Waals surface area contributed by atoms with Crippen molar-refractivity contribution < 1.29 is 23.8 Å². The molecule has 0 radical (unpaired) electrons. The summed E-state index contributed by atoms with van der Waals surface area (Å²) in [7, 11) is 0. The van der Waals surface area contributed by atoms with Crippen LogP contribution in [0.4, 0.5) is 0 Å². The van der Waals surface area contributed by atoms with Gasteiger partial charge in [-0.05, 0) is 12.3 Å². The monoisotopic (exact) mass is 258 g/mol. The van der Waals surface area contributed by atoms with E-state index in [4.69, 9.17) is 14.2 Å². The Balaban J connectivity index is 2.90. The summed E-state index contributed by atoms with van der Waals surface area (Å²) in [5, 5.41) is 0. The van der Waals surface area contributed by atoms with Gasteiger partial charge in [-0.3, -0.25) is 9.59 Å². The minimum Gasteiger partial charge on any atom is -0.455 e. The molecule has 0 spiro atoms. The van der Waals surface area contributed by atoms with Crippen LogP contribution in [0.5, 0.6) is 0 Å². The highest BCUT2D eigenvalue weighted by atomic mass is 16.7. The third-order valence-electron chi connectivity index (χ3n) is 3.14. The summed E-state index contributed by atoms with van der Waals surface area (Å²) in [5.74, 6) is -0.498. The van der Waals surface area contributed by atoms with E-state index < -0.39 is 18.4 Å². The minimum atomic E-state index is -0.788. The summed E-state index contributed by atoms with van der Waals surface area (Å²) >= 11 is 0. The standard InChI is InChI=1S/C13H22O5/c1-6-10-11(7(2)3)12(16-8(4)14)13(18-10)17-9(5)15/h7,10-13H,6H2,1-5H3/t10-,11-,12-,13?/m1/s1. The second-order valence-electron chi connectivity index (χ2n) is 4.96. The zero-order valence-corrected chi connectivity index (χ0v) is 11.6. The van der Waals surface area contributed by atoms with Crippen molar-refractivity contribution in [2.45, 2.75) is 59.5 Å². The molecule has 5 nitrogen and oxygen atoms in total.